The van der Waals surface area contributed by atoms with Crippen LogP contribution in [-0.4, -0.2) is 66.5 Å². The molecule has 436 valence electrons. The van der Waals surface area contributed by atoms with Gasteiger partial charge in [-0.05, 0) is 89.9 Å². The SMILES string of the molecule is CC/C=C\C/C=C\C/C=C\C/C=C\C/C=C\CCCC(=O)OC(COC(=O)CCCCCCCCCCCCCCCCCCC)COP(=O)(O)OCC(CO)OC(=O)CCCCCCC/C=C\C/C=C\C/C=C\CC. The van der Waals surface area contributed by atoms with Gasteiger partial charge in [0.1, 0.15) is 12.7 Å². The number of carbonyl (C=O) groups excluding carboxylic acids is 3. The van der Waals surface area contributed by atoms with Crippen LogP contribution >= 0.6 is 7.82 Å². The molecule has 0 aliphatic heterocycles. The Kier molecular flexibility index (Phi) is 54.8. The van der Waals surface area contributed by atoms with E-state index >= 15 is 0 Å². The Morgan fingerprint density at radius 3 is 1.11 bits per heavy atom. The highest BCUT2D eigenvalue weighted by Gasteiger charge is 2.28. The lowest BCUT2D eigenvalue weighted by Crippen LogP contribution is -2.30. The quantitative estimate of drug-likeness (QED) is 0.0197. The minimum atomic E-state index is -4.77. The van der Waals surface area contributed by atoms with Crippen LogP contribution in [0.3, 0.4) is 0 Å². The normalized spacial score (nSPS) is 14.0. The van der Waals surface area contributed by atoms with Gasteiger partial charge in [0, 0.05) is 19.3 Å². The van der Waals surface area contributed by atoms with Gasteiger partial charge in [0.05, 0.1) is 19.8 Å². The molecule has 0 aromatic heterocycles. The monoisotopic (exact) mass is 1080 g/mol. The van der Waals surface area contributed by atoms with Crippen molar-refractivity contribution in [2.75, 3.05) is 26.4 Å². The zero-order valence-corrected chi connectivity index (χ0v) is 49.1. The number of carbonyl (C=O) groups is 3. The van der Waals surface area contributed by atoms with E-state index in [0.29, 0.717) is 25.7 Å². The Labute approximate surface area is 463 Å². The Hall–Kier alpha value is -3.60. The molecule has 3 unspecified atom stereocenters. The number of unbranched alkanes of at least 4 members (excludes halogenated alkanes) is 22. The van der Waals surface area contributed by atoms with E-state index in [1.54, 1.807) is 0 Å². The average Bonchev–Trinajstić information content (AvgIpc) is 3.41. The molecule has 11 nitrogen and oxygen atoms in total. The Bertz CT molecular complexity index is 1640. The van der Waals surface area contributed by atoms with Crippen LogP contribution in [0.2, 0.25) is 0 Å². The topological polar surface area (TPSA) is 155 Å². The Morgan fingerprint density at radius 2 is 0.697 bits per heavy atom. The summed E-state index contributed by atoms with van der Waals surface area (Å²) in [5.74, 6) is -1.55. The predicted molar refractivity (Wildman–Crippen MR) is 316 cm³/mol. The van der Waals surface area contributed by atoms with E-state index in [2.05, 4.69) is 106 Å². The molecule has 0 aliphatic carbocycles. The molecule has 0 radical (unpaired) electrons. The lowest BCUT2D eigenvalue weighted by atomic mass is 10.0. The fraction of sp³-hybridized carbons (Fsp3) is 0.703. The number of aliphatic hydroxyl groups excluding tert-OH is 1. The first-order chi connectivity index (χ1) is 37.2. The second-order valence-electron chi connectivity index (χ2n) is 19.8. The number of rotatable bonds is 55. The second-order valence-corrected chi connectivity index (χ2v) is 21.2. The number of aliphatic hydroxyl groups is 1. The van der Waals surface area contributed by atoms with Crippen LogP contribution in [0.4, 0.5) is 0 Å². The molecule has 0 aromatic rings. The van der Waals surface area contributed by atoms with Crippen LogP contribution in [0.15, 0.2) is 97.2 Å². The summed E-state index contributed by atoms with van der Waals surface area (Å²) >= 11 is 0. The number of phosphoric acid groups is 1. The summed E-state index contributed by atoms with van der Waals surface area (Å²) in [6.45, 7) is 4.35. The number of esters is 3. The van der Waals surface area contributed by atoms with E-state index in [0.717, 1.165) is 103 Å². The van der Waals surface area contributed by atoms with Crippen LogP contribution in [0.25, 0.3) is 0 Å². The number of hydrogen-bond donors (Lipinski definition) is 2. The summed E-state index contributed by atoms with van der Waals surface area (Å²) in [6, 6.07) is 0. The largest absolute Gasteiger partial charge is 0.472 e. The lowest BCUT2D eigenvalue weighted by Gasteiger charge is -2.21. The first kappa shape index (κ1) is 72.4. The molecule has 0 aliphatic rings. The van der Waals surface area contributed by atoms with Gasteiger partial charge in [-0.3, -0.25) is 23.4 Å². The number of allylic oxidation sites excluding steroid dienone is 16. The van der Waals surface area contributed by atoms with Gasteiger partial charge < -0.3 is 24.2 Å². The van der Waals surface area contributed by atoms with E-state index in [1.165, 1.54) is 83.5 Å². The third-order valence-corrected chi connectivity index (χ3v) is 13.5. The van der Waals surface area contributed by atoms with E-state index in [4.69, 9.17) is 23.3 Å². The predicted octanol–water partition coefficient (Wildman–Crippen LogP) is 18.0. The molecule has 0 fully saturated rings. The molecule has 0 saturated carbocycles. The highest BCUT2D eigenvalue weighted by molar-refractivity contribution is 7.47. The lowest BCUT2D eigenvalue weighted by molar-refractivity contribution is -0.161. The van der Waals surface area contributed by atoms with Crippen molar-refractivity contribution in [3.63, 3.8) is 0 Å². The van der Waals surface area contributed by atoms with Crippen molar-refractivity contribution in [2.24, 2.45) is 0 Å². The molecule has 0 rings (SSSR count). The summed E-state index contributed by atoms with van der Waals surface area (Å²) in [5, 5.41) is 9.82. The fourth-order valence-electron chi connectivity index (χ4n) is 8.00. The maximum Gasteiger partial charge on any atom is 0.472 e. The van der Waals surface area contributed by atoms with E-state index in [-0.39, 0.29) is 25.9 Å². The highest BCUT2D eigenvalue weighted by atomic mass is 31.2. The third-order valence-electron chi connectivity index (χ3n) is 12.5. The molecule has 0 heterocycles. The number of phosphoric ester groups is 1. The van der Waals surface area contributed by atoms with Crippen molar-refractivity contribution in [2.45, 2.75) is 264 Å². The second kappa shape index (κ2) is 57.6. The molecule has 0 amide bonds. The summed E-state index contributed by atoms with van der Waals surface area (Å²) < 4.78 is 39.5. The van der Waals surface area contributed by atoms with Crippen LogP contribution in [0.1, 0.15) is 252 Å². The molecule has 0 aromatic carbocycles. The maximum atomic E-state index is 12.9. The van der Waals surface area contributed by atoms with Gasteiger partial charge in [-0.1, -0.05) is 240 Å². The van der Waals surface area contributed by atoms with E-state index in [9.17, 15) is 28.9 Å². The van der Waals surface area contributed by atoms with Crippen LogP contribution in [0.5, 0.6) is 0 Å². The smallest absolute Gasteiger partial charge is 0.462 e. The van der Waals surface area contributed by atoms with Crippen LogP contribution in [0, 0.1) is 0 Å². The number of ether oxygens (including phenoxy) is 3. The standard InChI is InChI=1S/C64H109O11P/c1-4-7-10-13-16-19-22-25-28-30-33-35-38-41-44-47-50-53-62(66)71-57-61(75-64(68)55-52-49-46-43-40-37-34-31-29-26-23-20-17-14-11-8-5-2)59-73-76(69,70)72-58-60(56-65)74-63(67)54-51-48-45-42-39-36-32-27-24-21-18-15-12-9-6-3/h8-9,11-12,17-18,20-21,26-27,29,32,34,37,43,46,60-61,65H,4-7,10,13-16,19,22-25,28,30-31,33,35-36,38-42,44-45,47-59H2,1-3H3,(H,69,70)/b11-8-,12-9-,20-17-,21-18-,29-26-,32-27-,37-34-,46-43-. The summed E-state index contributed by atoms with van der Waals surface area (Å²) in [6.07, 6.45) is 68.0. The molecular weight excluding hydrogens is 976 g/mol. The first-order valence-corrected chi connectivity index (χ1v) is 31.6. The Morgan fingerprint density at radius 1 is 0.382 bits per heavy atom. The molecule has 0 bridgehead atoms. The zero-order chi connectivity index (χ0) is 55.5. The minimum absolute atomic E-state index is 0.0859. The molecule has 0 spiro atoms. The minimum Gasteiger partial charge on any atom is -0.462 e. The molecule has 3 atom stereocenters. The summed E-state index contributed by atoms with van der Waals surface area (Å²) in [7, 11) is -4.77. The molecular formula is C64H109O11P. The van der Waals surface area contributed by atoms with Crippen molar-refractivity contribution >= 4 is 25.7 Å². The molecule has 76 heavy (non-hydrogen) atoms. The average molecular weight is 1090 g/mol. The molecule has 0 saturated heterocycles. The molecule has 2 N–H and O–H groups in total. The van der Waals surface area contributed by atoms with E-state index < -0.39 is 57.8 Å². The van der Waals surface area contributed by atoms with Crippen LogP contribution in [-0.2, 0) is 42.2 Å². The number of hydrogen-bond acceptors (Lipinski definition) is 10. The van der Waals surface area contributed by atoms with Gasteiger partial charge in [-0.25, -0.2) is 4.57 Å². The summed E-state index contributed by atoms with van der Waals surface area (Å²) in [4.78, 5) is 48.6. The van der Waals surface area contributed by atoms with Gasteiger partial charge >= 0.3 is 25.7 Å². The van der Waals surface area contributed by atoms with Crippen molar-refractivity contribution in [3.05, 3.63) is 97.2 Å². The van der Waals surface area contributed by atoms with Crippen molar-refractivity contribution in [1.82, 2.24) is 0 Å². The fourth-order valence-corrected chi connectivity index (χ4v) is 8.78. The first-order valence-electron chi connectivity index (χ1n) is 30.1. The summed E-state index contributed by atoms with van der Waals surface area (Å²) in [5.41, 5.74) is 0. The van der Waals surface area contributed by atoms with Gasteiger partial charge in [0.15, 0.2) is 6.10 Å². The molecule has 12 heteroatoms. The maximum absolute atomic E-state index is 12.9. The zero-order valence-electron chi connectivity index (χ0n) is 48.2. The van der Waals surface area contributed by atoms with Crippen LogP contribution < -0.4 is 0 Å². The van der Waals surface area contributed by atoms with Gasteiger partial charge in [-0.2, -0.15) is 0 Å². The van der Waals surface area contributed by atoms with Gasteiger partial charge in [0.2, 0.25) is 0 Å². The highest BCUT2D eigenvalue weighted by Crippen LogP contribution is 2.43. The van der Waals surface area contributed by atoms with Gasteiger partial charge in [0.25, 0.3) is 0 Å². The van der Waals surface area contributed by atoms with Crippen molar-refractivity contribution in [3.8, 4) is 0 Å². The van der Waals surface area contributed by atoms with Gasteiger partial charge in [-0.15, -0.1) is 0 Å². The van der Waals surface area contributed by atoms with Crippen molar-refractivity contribution < 1.29 is 52.2 Å². The Balaban J connectivity index is 4.80. The van der Waals surface area contributed by atoms with E-state index in [1.807, 2.05) is 12.2 Å². The third kappa shape index (κ3) is 55.2. The van der Waals surface area contributed by atoms with Crippen molar-refractivity contribution in [1.29, 1.82) is 0 Å².